The standard InChI is InChI=1S/C31H36O7/c1-2-18-34-22-26(32)27-28(35-19-23-12-6-3-7-13-23)29(36-20-24-14-8-4-9-15-24)30(31(33)38-27)37-21-25-16-10-5-11-17-25/h2-17,26-33H,1,18-22H2/t26-,27+,28-,29-,30+,31-/m0/s1. The molecule has 1 aliphatic rings. The van der Waals surface area contributed by atoms with Crippen molar-refractivity contribution < 1.29 is 33.9 Å². The molecule has 0 radical (unpaired) electrons. The van der Waals surface area contributed by atoms with Gasteiger partial charge >= 0.3 is 0 Å². The van der Waals surface area contributed by atoms with E-state index in [9.17, 15) is 10.2 Å². The highest BCUT2D eigenvalue weighted by molar-refractivity contribution is 5.15. The SMILES string of the molecule is C=CCOC[C@H](O)[C@H]1O[C@H](O)[C@H](OCc2ccccc2)[C@@H](OCc2ccccc2)[C@H]1OCc1ccccc1. The highest BCUT2D eigenvalue weighted by Gasteiger charge is 2.50. The van der Waals surface area contributed by atoms with E-state index in [-0.39, 0.29) is 33.0 Å². The number of benzene rings is 3. The van der Waals surface area contributed by atoms with Gasteiger partial charge in [0.25, 0.3) is 0 Å². The molecule has 202 valence electrons. The van der Waals surface area contributed by atoms with Crippen LogP contribution in [0.2, 0.25) is 0 Å². The Morgan fingerprint density at radius 2 is 1.16 bits per heavy atom. The molecule has 6 atom stereocenters. The van der Waals surface area contributed by atoms with Gasteiger partial charge in [-0.1, -0.05) is 97.1 Å². The van der Waals surface area contributed by atoms with Crippen LogP contribution in [0.4, 0.5) is 0 Å². The van der Waals surface area contributed by atoms with Gasteiger partial charge in [-0.15, -0.1) is 6.58 Å². The molecule has 1 heterocycles. The predicted octanol–water partition coefficient (Wildman–Crippen LogP) is 4.02. The number of hydrogen-bond donors (Lipinski definition) is 2. The largest absolute Gasteiger partial charge is 0.388 e. The summed E-state index contributed by atoms with van der Waals surface area (Å²) >= 11 is 0. The Bertz CT molecular complexity index is 1060. The van der Waals surface area contributed by atoms with E-state index in [1.807, 2.05) is 91.0 Å². The molecule has 0 aliphatic carbocycles. The van der Waals surface area contributed by atoms with Crippen molar-refractivity contribution in [3.63, 3.8) is 0 Å². The van der Waals surface area contributed by atoms with Gasteiger partial charge in [-0.25, -0.2) is 0 Å². The summed E-state index contributed by atoms with van der Waals surface area (Å²) in [6, 6.07) is 29.1. The van der Waals surface area contributed by atoms with E-state index in [0.29, 0.717) is 0 Å². The molecule has 7 heteroatoms. The molecule has 38 heavy (non-hydrogen) atoms. The smallest absolute Gasteiger partial charge is 0.184 e. The minimum Gasteiger partial charge on any atom is -0.388 e. The molecule has 0 bridgehead atoms. The second-order valence-corrected chi connectivity index (χ2v) is 9.17. The maximum absolute atomic E-state index is 11.1. The van der Waals surface area contributed by atoms with E-state index in [1.54, 1.807) is 6.08 Å². The van der Waals surface area contributed by atoms with E-state index in [1.165, 1.54) is 0 Å². The molecule has 3 aromatic carbocycles. The molecular weight excluding hydrogens is 484 g/mol. The molecule has 0 amide bonds. The molecule has 3 aromatic rings. The lowest BCUT2D eigenvalue weighted by atomic mass is 9.94. The molecular formula is C31H36O7. The Labute approximate surface area is 224 Å². The summed E-state index contributed by atoms with van der Waals surface area (Å²) in [6.45, 7) is 4.68. The Kier molecular flexibility index (Phi) is 11.0. The van der Waals surface area contributed by atoms with Gasteiger partial charge < -0.3 is 33.9 Å². The zero-order valence-corrected chi connectivity index (χ0v) is 21.4. The molecule has 0 saturated carbocycles. The Morgan fingerprint density at radius 1 is 0.711 bits per heavy atom. The van der Waals surface area contributed by atoms with Crippen molar-refractivity contribution in [2.24, 2.45) is 0 Å². The van der Waals surface area contributed by atoms with Crippen LogP contribution in [0, 0.1) is 0 Å². The number of hydrogen-bond acceptors (Lipinski definition) is 7. The zero-order chi connectivity index (χ0) is 26.6. The first-order valence-electron chi connectivity index (χ1n) is 12.8. The fourth-order valence-corrected chi connectivity index (χ4v) is 4.39. The first-order valence-corrected chi connectivity index (χ1v) is 12.8. The summed E-state index contributed by atoms with van der Waals surface area (Å²) in [6.07, 6.45) is -4.12. The van der Waals surface area contributed by atoms with Crippen molar-refractivity contribution in [3.8, 4) is 0 Å². The van der Waals surface area contributed by atoms with Crippen LogP contribution in [0.25, 0.3) is 0 Å². The van der Waals surface area contributed by atoms with E-state index in [4.69, 9.17) is 23.7 Å². The maximum atomic E-state index is 11.1. The summed E-state index contributed by atoms with van der Waals surface area (Å²) < 4.78 is 30.4. The monoisotopic (exact) mass is 520 g/mol. The van der Waals surface area contributed by atoms with E-state index < -0.39 is 36.8 Å². The quantitative estimate of drug-likeness (QED) is 0.245. The van der Waals surface area contributed by atoms with Gasteiger partial charge in [0, 0.05) is 0 Å². The molecule has 1 fully saturated rings. The lowest BCUT2D eigenvalue weighted by Gasteiger charge is -2.45. The second kappa shape index (κ2) is 14.9. The Morgan fingerprint density at radius 3 is 1.63 bits per heavy atom. The molecule has 1 saturated heterocycles. The molecule has 7 nitrogen and oxygen atoms in total. The molecule has 2 N–H and O–H groups in total. The van der Waals surface area contributed by atoms with Crippen molar-refractivity contribution >= 4 is 0 Å². The third-order valence-corrected chi connectivity index (χ3v) is 6.31. The van der Waals surface area contributed by atoms with Crippen LogP contribution < -0.4 is 0 Å². The van der Waals surface area contributed by atoms with Crippen LogP contribution in [-0.4, -0.2) is 60.2 Å². The van der Waals surface area contributed by atoms with Crippen LogP contribution in [0.5, 0.6) is 0 Å². The fraction of sp³-hybridized carbons (Fsp3) is 0.355. The van der Waals surface area contributed by atoms with Crippen LogP contribution in [0.15, 0.2) is 104 Å². The Hall–Kier alpha value is -2.88. The van der Waals surface area contributed by atoms with Gasteiger partial charge in [0.2, 0.25) is 0 Å². The fourth-order valence-electron chi connectivity index (χ4n) is 4.39. The van der Waals surface area contributed by atoms with Crippen LogP contribution in [0.3, 0.4) is 0 Å². The summed E-state index contributed by atoms with van der Waals surface area (Å²) in [5, 5.41) is 22.1. The minimum absolute atomic E-state index is 0.0183. The lowest BCUT2D eigenvalue weighted by Crippen LogP contribution is -2.63. The van der Waals surface area contributed by atoms with E-state index >= 15 is 0 Å². The van der Waals surface area contributed by atoms with Gasteiger partial charge in [-0.05, 0) is 16.7 Å². The predicted molar refractivity (Wildman–Crippen MR) is 143 cm³/mol. The van der Waals surface area contributed by atoms with Gasteiger partial charge in [-0.2, -0.15) is 0 Å². The molecule has 4 rings (SSSR count). The molecule has 1 aliphatic heterocycles. The average molecular weight is 521 g/mol. The van der Waals surface area contributed by atoms with Crippen LogP contribution in [-0.2, 0) is 43.5 Å². The Balaban J connectivity index is 1.58. The van der Waals surface area contributed by atoms with Gasteiger partial charge in [0.1, 0.15) is 30.5 Å². The third kappa shape index (κ3) is 8.06. The van der Waals surface area contributed by atoms with Crippen molar-refractivity contribution in [2.45, 2.75) is 56.6 Å². The van der Waals surface area contributed by atoms with Crippen molar-refractivity contribution in [1.29, 1.82) is 0 Å². The van der Waals surface area contributed by atoms with E-state index in [2.05, 4.69) is 6.58 Å². The highest BCUT2D eigenvalue weighted by Crippen LogP contribution is 2.31. The molecule has 0 unspecified atom stereocenters. The van der Waals surface area contributed by atoms with Gasteiger partial charge in [0.15, 0.2) is 6.29 Å². The molecule has 0 aromatic heterocycles. The normalized spacial score (nSPS) is 24.1. The topological polar surface area (TPSA) is 86.6 Å². The summed E-state index contributed by atoms with van der Waals surface area (Å²) in [5.41, 5.74) is 2.87. The van der Waals surface area contributed by atoms with Crippen LogP contribution >= 0.6 is 0 Å². The van der Waals surface area contributed by atoms with Crippen molar-refractivity contribution in [2.75, 3.05) is 13.2 Å². The number of ether oxygens (including phenoxy) is 5. The maximum Gasteiger partial charge on any atom is 0.184 e. The van der Waals surface area contributed by atoms with Gasteiger partial charge in [-0.3, -0.25) is 0 Å². The van der Waals surface area contributed by atoms with Crippen molar-refractivity contribution in [1.82, 2.24) is 0 Å². The number of aliphatic hydroxyl groups excluding tert-OH is 2. The molecule has 0 spiro atoms. The first kappa shape index (κ1) is 28.1. The van der Waals surface area contributed by atoms with Crippen LogP contribution in [0.1, 0.15) is 16.7 Å². The summed E-state index contributed by atoms with van der Waals surface area (Å²) in [5.74, 6) is 0. The summed E-state index contributed by atoms with van der Waals surface area (Å²) in [7, 11) is 0. The minimum atomic E-state index is -1.35. The third-order valence-electron chi connectivity index (χ3n) is 6.31. The lowest BCUT2D eigenvalue weighted by molar-refractivity contribution is -0.325. The number of rotatable bonds is 14. The summed E-state index contributed by atoms with van der Waals surface area (Å²) in [4.78, 5) is 0. The van der Waals surface area contributed by atoms with Gasteiger partial charge in [0.05, 0.1) is 33.0 Å². The van der Waals surface area contributed by atoms with Crippen molar-refractivity contribution in [3.05, 3.63) is 120 Å². The first-order chi connectivity index (χ1) is 18.7. The van der Waals surface area contributed by atoms with E-state index in [0.717, 1.165) is 16.7 Å². The zero-order valence-electron chi connectivity index (χ0n) is 21.4. The average Bonchev–Trinajstić information content (AvgIpc) is 2.96. The second-order valence-electron chi connectivity index (χ2n) is 9.17. The number of aliphatic hydroxyl groups is 2. The highest BCUT2D eigenvalue weighted by atomic mass is 16.7.